The van der Waals surface area contributed by atoms with E-state index < -0.39 is 5.97 Å². The van der Waals surface area contributed by atoms with Gasteiger partial charge in [-0.1, -0.05) is 12.1 Å². The summed E-state index contributed by atoms with van der Waals surface area (Å²) >= 11 is 0. The molecule has 116 valence electrons. The van der Waals surface area contributed by atoms with Crippen molar-refractivity contribution in [2.24, 2.45) is 0 Å². The van der Waals surface area contributed by atoms with E-state index in [1.807, 2.05) is 34.1 Å². The zero-order chi connectivity index (χ0) is 15.7. The molecule has 1 atom stereocenters. The van der Waals surface area contributed by atoms with Crippen molar-refractivity contribution in [3.05, 3.63) is 35.9 Å². The smallest absolute Gasteiger partial charge is 0.328 e. The Kier molecular flexibility index (Phi) is 3.88. The van der Waals surface area contributed by atoms with Crippen molar-refractivity contribution < 1.29 is 14.7 Å². The van der Waals surface area contributed by atoms with Gasteiger partial charge < -0.3 is 10.0 Å². The van der Waals surface area contributed by atoms with E-state index in [0.29, 0.717) is 11.6 Å². The molecule has 5 nitrogen and oxygen atoms in total. The second kappa shape index (κ2) is 5.83. The van der Waals surface area contributed by atoms with Gasteiger partial charge in [0.15, 0.2) is 0 Å². The number of carboxylic acid groups (broad SMARTS) is 1. The number of anilines is 1. The van der Waals surface area contributed by atoms with Gasteiger partial charge >= 0.3 is 12.0 Å². The molecule has 2 aliphatic heterocycles. The van der Waals surface area contributed by atoms with Crippen LogP contribution in [0.1, 0.15) is 31.7 Å². The minimum atomic E-state index is -0.951. The zero-order valence-electron chi connectivity index (χ0n) is 12.7. The highest BCUT2D eigenvalue weighted by Crippen LogP contribution is 2.30. The van der Waals surface area contributed by atoms with Gasteiger partial charge in [0.25, 0.3) is 0 Å². The van der Waals surface area contributed by atoms with Gasteiger partial charge in [-0.25, -0.2) is 9.59 Å². The Labute approximate surface area is 129 Å². The van der Waals surface area contributed by atoms with Crippen molar-refractivity contribution in [1.82, 2.24) is 4.90 Å². The van der Waals surface area contributed by atoms with Crippen LogP contribution in [-0.4, -0.2) is 41.1 Å². The van der Waals surface area contributed by atoms with Gasteiger partial charge in [0, 0.05) is 24.9 Å². The third-order valence-electron chi connectivity index (χ3n) is 4.47. The fraction of sp³-hybridized carbons (Fsp3) is 0.412. The highest BCUT2D eigenvalue weighted by atomic mass is 16.4. The molecule has 0 unspecified atom stereocenters. The summed E-state index contributed by atoms with van der Waals surface area (Å²) in [6.45, 7) is 3.38. The molecular formula is C17H20N2O3. The maximum Gasteiger partial charge on any atom is 0.328 e. The Bertz CT molecular complexity index is 621. The minimum absolute atomic E-state index is 0.0928. The average molecular weight is 300 g/mol. The number of carbonyl (C=O) groups excluding carboxylic acids is 1. The van der Waals surface area contributed by atoms with Gasteiger partial charge in [-0.15, -0.1) is 0 Å². The zero-order valence-corrected chi connectivity index (χ0v) is 12.7. The number of carbonyl (C=O) groups is 2. The topological polar surface area (TPSA) is 60.9 Å². The van der Waals surface area contributed by atoms with Gasteiger partial charge in [0.1, 0.15) is 0 Å². The number of benzene rings is 1. The summed E-state index contributed by atoms with van der Waals surface area (Å²) in [5.74, 6) is -0.951. The molecular weight excluding hydrogens is 280 g/mol. The Balaban J connectivity index is 1.79. The predicted octanol–water partition coefficient (Wildman–Crippen LogP) is 2.97. The Morgan fingerprint density at radius 1 is 1.27 bits per heavy atom. The molecule has 0 spiro atoms. The van der Waals surface area contributed by atoms with Crippen molar-refractivity contribution in [2.45, 2.75) is 32.2 Å². The van der Waals surface area contributed by atoms with Crippen LogP contribution in [0, 0.1) is 0 Å². The first kappa shape index (κ1) is 14.6. The number of carboxylic acids is 1. The van der Waals surface area contributed by atoms with E-state index in [-0.39, 0.29) is 6.03 Å². The summed E-state index contributed by atoms with van der Waals surface area (Å²) < 4.78 is 0. The second-order valence-electron chi connectivity index (χ2n) is 5.95. The molecule has 2 heterocycles. The molecule has 2 saturated heterocycles. The van der Waals surface area contributed by atoms with Gasteiger partial charge in [0.05, 0.1) is 6.04 Å². The number of amides is 2. The van der Waals surface area contributed by atoms with Crippen molar-refractivity contribution >= 4 is 23.3 Å². The van der Waals surface area contributed by atoms with Crippen LogP contribution in [0.15, 0.2) is 30.3 Å². The number of fused-ring (bicyclic) bond motifs is 1. The van der Waals surface area contributed by atoms with Crippen LogP contribution >= 0.6 is 0 Å². The Morgan fingerprint density at radius 2 is 2.00 bits per heavy atom. The van der Waals surface area contributed by atoms with E-state index in [2.05, 4.69) is 0 Å². The maximum atomic E-state index is 12.5. The summed E-state index contributed by atoms with van der Waals surface area (Å²) in [4.78, 5) is 27.0. The van der Waals surface area contributed by atoms with E-state index in [1.54, 1.807) is 6.92 Å². The van der Waals surface area contributed by atoms with E-state index in [0.717, 1.165) is 37.2 Å². The van der Waals surface area contributed by atoms with Crippen molar-refractivity contribution in [3.8, 4) is 0 Å². The van der Waals surface area contributed by atoms with Gasteiger partial charge in [0.2, 0.25) is 0 Å². The lowest BCUT2D eigenvalue weighted by atomic mass is 10.0. The molecule has 2 aliphatic rings. The summed E-state index contributed by atoms with van der Waals surface area (Å²) in [6, 6.07) is 7.96. The predicted molar refractivity (Wildman–Crippen MR) is 84.8 cm³/mol. The number of hydrogen-bond donors (Lipinski definition) is 1. The average Bonchev–Trinajstić information content (AvgIpc) is 2.84. The highest BCUT2D eigenvalue weighted by molar-refractivity contribution is 5.95. The van der Waals surface area contributed by atoms with Gasteiger partial charge in [-0.05, 0) is 49.5 Å². The van der Waals surface area contributed by atoms with E-state index in [9.17, 15) is 9.59 Å². The number of rotatable bonds is 3. The second-order valence-corrected chi connectivity index (χ2v) is 5.95. The van der Waals surface area contributed by atoms with Crippen molar-refractivity contribution in [3.63, 3.8) is 0 Å². The number of allylic oxidation sites excluding steroid dienone is 1. The number of hydrogen-bond acceptors (Lipinski definition) is 2. The SMILES string of the molecule is C/C(=C\C(=O)O)c1ccc(N2C[C@@H]3CCCCN3C2=O)cc1. The molecule has 2 amide bonds. The van der Waals surface area contributed by atoms with Crippen LogP contribution in [0.2, 0.25) is 0 Å². The number of nitrogens with zero attached hydrogens (tertiary/aromatic N) is 2. The quantitative estimate of drug-likeness (QED) is 0.873. The number of aliphatic carboxylic acids is 1. The van der Waals surface area contributed by atoms with Crippen molar-refractivity contribution in [1.29, 1.82) is 0 Å². The normalized spacial score (nSPS) is 22.0. The minimum Gasteiger partial charge on any atom is -0.478 e. The molecule has 0 aliphatic carbocycles. The maximum absolute atomic E-state index is 12.5. The summed E-state index contributed by atoms with van der Waals surface area (Å²) in [7, 11) is 0. The van der Waals surface area contributed by atoms with Crippen molar-refractivity contribution in [2.75, 3.05) is 18.0 Å². The Hall–Kier alpha value is -2.30. The van der Waals surface area contributed by atoms with Gasteiger partial charge in [-0.3, -0.25) is 4.90 Å². The van der Waals surface area contributed by atoms with Crippen LogP contribution in [0.4, 0.5) is 10.5 Å². The van der Waals surface area contributed by atoms with Crippen LogP contribution in [-0.2, 0) is 4.79 Å². The number of piperidine rings is 1. The first-order chi connectivity index (χ1) is 10.6. The lowest BCUT2D eigenvalue weighted by Gasteiger charge is -2.27. The van der Waals surface area contributed by atoms with Crippen LogP contribution in [0.3, 0.4) is 0 Å². The molecule has 0 radical (unpaired) electrons. The highest BCUT2D eigenvalue weighted by Gasteiger charge is 2.38. The first-order valence-corrected chi connectivity index (χ1v) is 7.66. The van der Waals surface area contributed by atoms with Gasteiger partial charge in [-0.2, -0.15) is 0 Å². The largest absolute Gasteiger partial charge is 0.478 e. The molecule has 2 fully saturated rings. The van der Waals surface area contributed by atoms with E-state index in [4.69, 9.17) is 5.11 Å². The summed E-state index contributed by atoms with van der Waals surface area (Å²) in [6.07, 6.45) is 4.56. The third kappa shape index (κ3) is 2.71. The third-order valence-corrected chi connectivity index (χ3v) is 4.47. The monoisotopic (exact) mass is 300 g/mol. The van der Waals surface area contributed by atoms with E-state index >= 15 is 0 Å². The molecule has 22 heavy (non-hydrogen) atoms. The molecule has 0 saturated carbocycles. The fourth-order valence-corrected chi connectivity index (χ4v) is 3.27. The summed E-state index contributed by atoms with van der Waals surface area (Å²) in [5, 5.41) is 8.79. The first-order valence-electron chi connectivity index (χ1n) is 7.66. The molecule has 1 N–H and O–H groups in total. The molecule has 0 bridgehead atoms. The van der Waals surface area contributed by atoms with Crippen LogP contribution in [0.25, 0.3) is 5.57 Å². The lowest BCUT2D eigenvalue weighted by molar-refractivity contribution is -0.131. The Morgan fingerprint density at radius 3 is 2.64 bits per heavy atom. The summed E-state index contributed by atoms with van der Waals surface area (Å²) in [5.41, 5.74) is 2.44. The molecule has 5 heteroatoms. The molecule has 3 rings (SSSR count). The lowest BCUT2D eigenvalue weighted by Crippen LogP contribution is -2.38. The van der Waals surface area contributed by atoms with Crippen LogP contribution < -0.4 is 4.90 Å². The number of urea groups is 1. The molecule has 0 aromatic heterocycles. The standard InChI is InChI=1S/C17H20N2O3/c1-12(10-16(20)21)13-5-7-14(8-6-13)19-11-15-4-2-3-9-18(15)17(19)22/h5-8,10,15H,2-4,9,11H2,1H3,(H,20,21)/b12-10+/t15-/m0/s1. The van der Waals surface area contributed by atoms with E-state index in [1.165, 1.54) is 12.5 Å². The van der Waals surface area contributed by atoms with Crippen LogP contribution in [0.5, 0.6) is 0 Å². The fourth-order valence-electron chi connectivity index (χ4n) is 3.27. The molecule has 1 aromatic rings. The molecule has 1 aromatic carbocycles.